The van der Waals surface area contributed by atoms with Gasteiger partial charge in [0.25, 0.3) is 5.91 Å². The van der Waals surface area contributed by atoms with Gasteiger partial charge in [0.1, 0.15) is 23.0 Å². The average molecular weight is 399 g/mol. The van der Waals surface area contributed by atoms with E-state index < -0.39 is 5.91 Å². The number of aryl methyl sites for hydroxylation is 1. The normalized spacial score (nSPS) is 10.3. The number of rotatable bonds is 6. The lowest BCUT2D eigenvalue weighted by molar-refractivity contribution is 0.102. The van der Waals surface area contributed by atoms with Crippen LogP contribution in [0.25, 0.3) is 0 Å². The number of methoxy groups -OCH3 is 2. The van der Waals surface area contributed by atoms with Crippen molar-refractivity contribution in [3.8, 4) is 11.5 Å². The van der Waals surface area contributed by atoms with Gasteiger partial charge in [-0.25, -0.2) is 9.97 Å². The van der Waals surface area contributed by atoms with E-state index in [-0.39, 0.29) is 5.69 Å². The van der Waals surface area contributed by atoms with E-state index in [4.69, 9.17) is 21.1 Å². The summed E-state index contributed by atoms with van der Waals surface area (Å²) >= 11 is 6.12. The molecule has 8 heteroatoms. The first-order valence-corrected chi connectivity index (χ1v) is 8.76. The topological polar surface area (TPSA) is 85.4 Å². The number of anilines is 3. The zero-order valence-corrected chi connectivity index (χ0v) is 16.4. The number of carbonyl (C=O) groups is 1. The van der Waals surface area contributed by atoms with Crippen LogP contribution in [0.3, 0.4) is 0 Å². The maximum absolute atomic E-state index is 12.5. The molecular formula is C20H19ClN4O3. The second-order valence-corrected chi connectivity index (χ2v) is 6.30. The monoisotopic (exact) mass is 398 g/mol. The van der Waals surface area contributed by atoms with Crippen LogP contribution in [0.1, 0.15) is 16.1 Å². The van der Waals surface area contributed by atoms with Crippen molar-refractivity contribution in [1.82, 2.24) is 9.97 Å². The molecule has 0 bridgehead atoms. The second kappa shape index (κ2) is 8.58. The van der Waals surface area contributed by atoms with Crippen LogP contribution in [-0.4, -0.2) is 30.1 Å². The van der Waals surface area contributed by atoms with E-state index in [1.54, 1.807) is 31.4 Å². The van der Waals surface area contributed by atoms with Crippen molar-refractivity contribution in [2.45, 2.75) is 6.92 Å². The Hall–Kier alpha value is -3.32. The lowest BCUT2D eigenvalue weighted by Crippen LogP contribution is -2.15. The molecule has 0 saturated carbocycles. The van der Waals surface area contributed by atoms with Crippen LogP contribution in [-0.2, 0) is 0 Å². The minimum absolute atomic E-state index is 0.172. The first-order valence-electron chi connectivity index (χ1n) is 8.38. The lowest BCUT2D eigenvalue weighted by atomic mass is 10.2. The number of ether oxygens (including phenoxy) is 2. The molecule has 2 N–H and O–H groups in total. The zero-order chi connectivity index (χ0) is 20.1. The number of hydrogen-bond donors (Lipinski definition) is 2. The summed E-state index contributed by atoms with van der Waals surface area (Å²) in [6.45, 7) is 1.93. The Bertz CT molecular complexity index is 993. The SMILES string of the molecule is COc1ccc(NC(=O)c2cnc(Nc3ccc(C)c(Cl)c3)cn2)c(OC)c1. The first kappa shape index (κ1) is 19.4. The van der Waals surface area contributed by atoms with Crippen LogP contribution >= 0.6 is 11.6 Å². The number of aromatic nitrogens is 2. The van der Waals surface area contributed by atoms with Crippen LogP contribution < -0.4 is 20.1 Å². The highest BCUT2D eigenvalue weighted by molar-refractivity contribution is 6.31. The molecule has 0 unspecified atom stereocenters. The Labute approximate surface area is 167 Å². The molecule has 0 radical (unpaired) electrons. The summed E-state index contributed by atoms with van der Waals surface area (Å²) in [6.07, 6.45) is 2.87. The lowest BCUT2D eigenvalue weighted by Gasteiger charge is -2.11. The van der Waals surface area contributed by atoms with Crippen LogP contribution in [0.15, 0.2) is 48.8 Å². The van der Waals surface area contributed by atoms with E-state index in [1.807, 2.05) is 19.1 Å². The van der Waals surface area contributed by atoms with E-state index in [1.165, 1.54) is 19.5 Å². The highest BCUT2D eigenvalue weighted by atomic mass is 35.5. The van der Waals surface area contributed by atoms with E-state index in [0.717, 1.165) is 11.3 Å². The van der Waals surface area contributed by atoms with Gasteiger partial charge in [-0.05, 0) is 36.8 Å². The molecule has 0 fully saturated rings. The minimum atomic E-state index is -0.402. The third-order valence-electron chi connectivity index (χ3n) is 3.99. The quantitative estimate of drug-likeness (QED) is 0.638. The number of halogens is 1. The molecule has 0 aliphatic carbocycles. The fourth-order valence-electron chi connectivity index (χ4n) is 2.42. The maximum Gasteiger partial charge on any atom is 0.275 e. The Kier molecular flexibility index (Phi) is 5.96. The van der Waals surface area contributed by atoms with Gasteiger partial charge in [0.15, 0.2) is 0 Å². The van der Waals surface area contributed by atoms with Crippen LogP contribution in [0.4, 0.5) is 17.2 Å². The number of nitrogens with one attached hydrogen (secondary N) is 2. The van der Waals surface area contributed by atoms with Crippen LogP contribution in [0.5, 0.6) is 11.5 Å². The largest absolute Gasteiger partial charge is 0.497 e. The molecule has 0 aliphatic heterocycles. The van der Waals surface area contributed by atoms with E-state index in [2.05, 4.69) is 20.6 Å². The van der Waals surface area contributed by atoms with Crippen LogP contribution in [0.2, 0.25) is 5.02 Å². The molecule has 1 aromatic heterocycles. The smallest absolute Gasteiger partial charge is 0.275 e. The van der Waals surface area contributed by atoms with Gasteiger partial charge in [-0.15, -0.1) is 0 Å². The van der Waals surface area contributed by atoms with Crippen molar-refractivity contribution in [3.63, 3.8) is 0 Å². The Balaban J connectivity index is 1.70. The third-order valence-corrected chi connectivity index (χ3v) is 4.39. The second-order valence-electron chi connectivity index (χ2n) is 5.90. The van der Waals surface area contributed by atoms with Gasteiger partial charge in [0, 0.05) is 16.8 Å². The molecule has 3 rings (SSSR count). The highest BCUT2D eigenvalue weighted by Gasteiger charge is 2.12. The summed E-state index contributed by atoms with van der Waals surface area (Å²) in [7, 11) is 3.07. The predicted octanol–water partition coefficient (Wildman–Crippen LogP) is 4.45. The summed E-state index contributed by atoms with van der Waals surface area (Å²) in [5.41, 5.74) is 2.45. The van der Waals surface area contributed by atoms with Crippen molar-refractivity contribution in [3.05, 3.63) is 65.1 Å². The molecule has 1 heterocycles. The molecule has 2 aromatic carbocycles. The molecule has 0 atom stereocenters. The van der Waals surface area contributed by atoms with Gasteiger partial charge in [-0.3, -0.25) is 4.79 Å². The van der Waals surface area contributed by atoms with Crippen molar-refractivity contribution >= 4 is 34.7 Å². The van der Waals surface area contributed by atoms with E-state index >= 15 is 0 Å². The van der Waals surface area contributed by atoms with Gasteiger partial charge in [-0.1, -0.05) is 17.7 Å². The average Bonchev–Trinajstić information content (AvgIpc) is 2.71. The van der Waals surface area contributed by atoms with E-state index in [0.29, 0.717) is 28.0 Å². The summed E-state index contributed by atoms with van der Waals surface area (Å²) in [4.78, 5) is 20.8. The maximum atomic E-state index is 12.5. The first-order chi connectivity index (χ1) is 13.5. The molecular weight excluding hydrogens is 380 g/mol. The van der Waals surface area contributed by atoms with Crippen molar-refractivity contribution in [2.75, 3.05) is 24.9 Å². The standard InChI is InChI=1S/C20H19ClN4O3/c1-12-4-5-13(8-15(12)21)24-19-11-22-17(10-23-19)20(26)25-16-7-6-14(27-2)9-18(16)28-3/h4-11H,1-3H3,(H,23,24)(H,25,26). The zero-order valence-electron chi connectivity index (χ0n) is 15.6. The molecule has 7 nitrogen and oxygen atoms in total. The summed E-state index contributed by atoms with van der Waals surface area (Å²) in [5, 5.41) is 6.50. The molecule has 3 aromatic rings. The number of nitrogens with zero attached hydrogens (tertiary/aromatic N) is 2. The molecule has 0 aliphatic rings. The van der Waals surface area contributed by atoms with Crippen molar-refractivity contribution in [1.29, 1.82) is 0 Å². The Morgan fingerprint density at radius 2 is 1.86 bits per heavy atom. The Morgan fingerprint density at radius 3 is 2.50 bits per heavy atom. The molecule has 28 heavy (non-hydrogen) atoms. The third kappa shape index (κ3) is 4.50. The van der Waals surface area contributed by atoms with Crippen molar-refractivity contribution < 1.29 is 14.3 Å². The Morgan fingerprint density at radius 1 is 1.04 bits per heavy atom. The van der Waals surface area contributed by atoms with E-state index in [9.17, 15) is 4.79 Å². The van der Waals surface area contributed by atoms with Gasteiger partial charge in [-0.2, -0.15) is 0 Å². The van der Waals surface area contributed by atoms with Gasteiger partial charge in [0.05, 0.1) is 32.3 Å². The fraction of sp³-hybridized carbons (Fsp3) is 0.150. The van der Waals surface area contributed by atoms with Crippen LogP contribution in [0, 0.1) is 6.92 Å². The summed E-state index contributed by atoms with van der Waals surface area (Å²) < 4.78 is 10.4. The van der Waals surface area contributed by atoms with Gasteiger partial charge >= 0.3 is 0 Å². The molecule has 1 amide bonds. The molecule has 0 saturated heterocycles. The summed E-state index contributed by atoms with van der Waals surface area (Å²) in [5.74, 6) is 1.20. The predicted molar refractivity (Wildman–Crippen MR) is 109 cm³/mol. The number of hydrogen-bond acceptors (Lipinski definition) is 6. The van der Waals surface area contributed by atoms with Gasteiger partial charge in [0.2, 0.25) is 0 Å². The van der Waals surface area contributed by atoms with Gasteiger partial charge < -0.3 is 20.1 Å². The minimum Gasteiger partial charge on any atom is -0.497 e. The fourth-order valence-corrected chi connectivity index (χ4v) is 2.60. The number of carbonyl (C=O) groups excluding carboxylic acids is 1. The van der Waals surface area contributed by atoms with Crippen molar-refractivity contribution in [2.24, 2.45) is 0 Å². The number of benzene rings is 2. The highest BCUT2D eigenvalue weighted by Crippen LogP contribution is 2.29. The molecule has 0 spiro atoms. The number of amides is 1. The summed E-state index contributed by atoms with van der Waals surface area (Å²) in [6, 6.07) is 10.7. The molecule has 144 valence electrons.